The molecule has 0 saturated heterocycles. The number of benzene rings is 1. The van der Waals surface area contributed by atoms with Crippen LogP contribution in [0.1, 0.15) is 0 Å². The largest absolute Gasteiger partial charge is 0.333 e. The highest BCUT2D eigenvalue weighted by Gasteiger charge is 2.11. The quantitative estimate of drug-likeness (QED) is 0.646. The van der Waals surface area contributed by atoms with Crippen LogP contribution in [-0.2, 0) is 0 Å². The average Bonchev–Trinajstić information content (AvgIpc) is 2.75. The first kappa shape index (κ1) is 9.30. The molecule has 5 heteroatoms. The van der Waals surface area contributed by atoms with Gasteiger partial charge in [-0.15, -0.1) is 0 Å². The Bertz CT molecular complexity index is 645. The Balaban J connectivity index is 2.31. The first-order valence-electron chi connectivity index (χ1n) is 4.68. The molecule has 0 atom stereocenters. The van der Waals surface area contributed by atoms with Crippen molar-refractivity contribution in [3.8, 4) is 11.5 Å². The van der Waals surface area contributed by atoms with Crippen molar-refractivity contribution in [2.75, 3.05) is 0 Å². The van der Waals surface area contributed by atoms with Crippen molar-refractivity contribution < 1.29 is 4.52 Å². The van der Waals surface area contributed by atoms with E-state index in [0.717, 1.165) is 16.5 Å². The summed E-state index contributed by atoms with van der Waals surface area (Å²) in [4.78, 5) is 8.27. The maximum absolute atomic E-state index is 5.63. The van der Waals surface area contributed by atoms with E-state index in [9.17, 15) is 0 Å². The van der Waals surface area contributed by atoms with E-state index in [1.54, 1.807) is 6.20 Å². The van der Waals surface area contributed by atoms with Gasteiger partial charge in [0, 0.05) is 11.6 Å². The van der Waals surface area contributed by atoms with E-state index in [1.807, 2.05) is 30.3 Å². The fraction of sp³-hybridized carbons (Fsp3) is 0. The van der Waals surface area contributed by atoms with E-state index in [0.29, 0.717) is 5.89 Å². The van der Waals surface area contributed by atoms with Crippen molar-refractivity contribution in [3.05, 3.63) is 41.8 Å². The van der Waals surface area contributed by atoms with Gasteiger partial charge in [0.05, 0.1) is 11.1 Å². The number of fused-ring (bicyclic) bond motifs is 1. The molecule has 3 aromatic rings. The summed E-state index contributed by atoms with van der Waals surface area (Å²) in [6.45, 7) is 0. The third-order valence-electron chi connectivity index (χ3n) is 2.26. The first-order chi connectivity index (χ1) is 7.84. The van der Waals surface area contributed by atoms with Crippen molar-refractivity contribution in [1.82, 2.24) is 15.1 Å². The number of aromatic nitrogens is 3. The van der Waals surface area contributed by atoms with E-state index in [4.69, 9.17) is 16.1 Å². The van der Waals surface area contributed by atoms with Gasteiger partial charge in [0.25, 0.3) is 11.2 Å². The molecule has 0 spiro atoms. The lowest BCUT2D eigenvalue weighted by atomic mass is 10.1. The lowest BCUT2D eigenvalue weighted by molar-refractivity contribution is 0.430. The van der Waals surface area contributed by atoms with Gasteiger partial charge in [-0.25, -0.2) is 0 Å². The minimum absolute atomic E-state index is 0.0999. The Labute approximate surface area is 95.9 Å². The topological polar surface area (TPSA) is 51.8 Å². The summed E-state index contributed by atoms with van der Waals surface area (Å²) in [5.41, 5.74) is 1.61. The summed E-state index contributed by atoms with van der Waals surface area (Å²) >= 11 is 5.63. The number of halogens is 1. The molecule has 2 aromatic heterocycles. The number of hydrogen-bond donors (Lipinski definition) is 0. The highest BCUT2D eigenvalue weighted by atomic mass is 35.5. The van der Waals surface area contributed by atoms with Gasteiger partial charge in [0.2, 0.25) is 0 Å². The highest BCUT2D eigenvalue weighted by molar-refractivity contribution is 6.28. The van der Waals surface area contributed by atoms with Crippen LogP contribution in [-0.4, -0.2) is 15.1 Å². The zero-order chi connectivity index (χ0) is 11.0. The Kier molecular flexibility index (Phi) is 2.08. The van der Waals surface area contributed by atoms with Crippen LogP contribution in [0.3, 0.4) is 0 Å². The summed E-state index contributed by atoms with van der Waals surface area (Å²) in [6, 6.07) is 9.62. The van der Waals surface area contributed by atoms with Crippen LogP contribution in [0.2, 0.25) is 5.28 Å². The molecule has 0 aliphatic rings. The molecule has 0 aliphatic carbocycles. The molecular formula is C11H6ClN3O. The van der Waals surface area contributed by atoms with Gasteiger partial charge in [-0.2, -0.15) is 4.98 Å². The molecule has 4 nitrogen and oxygen atoms in total. The van der Waals surface area contributed by atoms with Crippen molar-refractivity contribution >= 4 is 22.5 Å². The van der Waals surface area contributed by atoms with Gasteiger partial charge >= 0.3 is 0 Å². The molecular weight excluding hydrogens is 226 g/mol. The minimum Gasteiger partial charge on any atom is -0.333 e. The van der Waals surface area contributed by atoms with Gasteiger partial charge in [-0.3, -0.25) is 4.98 Å². The van der Waals surface area contributed by atoms with Gasteiger partial charge in [-0.1, -0.05) is 18.2 Å². The molecule has 0 amide bonds. The molecule has 78 valence electrons. The number of rotatable bonds is 1. The Morgan fingerprint density at radius 3 is 2.81 bits per heavy atom. The minimum atomic E-state index is 0.0999. The van der Waals surface area contributed by atoms with Crippen molar-refractivity contribution in [1.29, 1.82) is 0 Å². The van der Waals surface area contributed by atoms with Gasteiger partial charge in [0.1, 0.15) is 0 Å². The van der Waals surface area contributed by atoms with E-state index in [1.165, 1.54) is 0 Å². The smallest absolute Gasteiger partial charge is 0.264 e. The summed E-state index contributed by atoms with van der Waals surface area (Å²) in [5, 5.41) is 4.67. The maximum Gasteiger partial charge on any atom is 0.264 e. The zero-order valence-electron chi connectivity index (χ0n) is 8.09. The molecule has 0 N–H and O–H groups in total. The standard InChI is InChI=1S/C11H6ClN3O/c12-11-14-10(16-15-11)8-5-1-3-7-4-2-6-13-9(7)8/h1-6H. The van der Waals surface area contributed by atoms with Gasteiger partial charge in [0.15, 0.2) is 0 Å². The molecule has 2 heterocycles. The highest BCUT2D eigenvalue weighted by Crippen LogP contribution is 2.25. The van der Waals surface area contributed by atoms with E-state index in [-0.39, 0.29) is 5.28 Å². The predicted octanol–water partition coefficient (Wildman–Crippen LogP) is 2.94. The third kappa shape index (κ3) is 1.44. The SMILES string of the molecule is Clc1noc(-c2cccc3cccnc23)n1. The molecule has 16 heavy (non-hydrogen) atoms. The molecule has 0 unspecified atom stereocenters. The average molecular weight is 232 g/mol. The summed E-state index contributed by atoms with van der Waals surface area (Å²) in [5.74, 6) is 0.384. The van der Waals surface area contributed by atoms with Crippen LogP contribution >= 0.6 is 11.6 Å². The van der Waals surface area contributed by atoms with E-state index >= 15 is 0 Å². The number of hydrogen-bond acceptors (Lipinski definition) is 4. The van der Waals surface area contributed by atoms with Crippen LogP contribution < -0.4 is 0 Å². The summed E-state index contributed by atoms with van der Waals surface area (Å²) in [7, 11) is 0. The fourth-order valence-corrected chi connectivity index (χ4v) is 1.70. The van der Waals surface area contributed by atoms with Gasteiger partial charge < -0.3 is 4.52 Å². The Morgan fingerprint density at radius 2 is 2.00 bits per heavy atom. The van der Waals surface area contributed by atoms with E-state index in [2.05, 4.69) is 15.1 Å². The Morgan fingerprint density at radius 1 is 1.12 bits per heavy atom. The Hall–Kier alpha value is -1.94. The third-order valence-corrected chi connectivity index (χ3v) is 2.42. The van der Waals surface area contributed by atoms with E-state index < -0.39 is 0 Å². The zero-order valence-corrected chi connectivity index (χ0v) is 8.85. The predicted molar refractivity (Wildman–Crippen MR) is 60.0 cm³/mol. The number of pyridine rings is 1. The number of nitrogens with zero attached hydrogens (tertiary/aromatic N) is 3. The maximum atomic E-state index is 5.63. The number of para-hydroxylation sites is 1. The lowest BCUT2D eigenvalue weighted by Gasteiger charge is -1.99. The summed E-state index contributed by atoms with van der Waals surface area (Å²) in [6.07, 6.45) is 1.73. The molecule has 0 fully saturated rings. The molecule has 3 rings (SSSR count). The normalized spacial score (nSPS) is 10.8. The van der Waals surface area contributed by atoms with Gasteiger partial charge in [-0.05, 0) is 28.9 Å². The monoisotopic (exact) mass is 231 g/mol. The van der Waals surface area contributed by atoms with Crippen LogP contribution in [0.15, 0.2) is 41.1 Å². The molecule has 0 bridgehead atoms. The molecule has 0 radical (unpaired) electrons. The first-order valence-corrected chi connectivity index (χ1v) is 5.06. The lowest BCUT2D eigenvalue weighted by Crippen LogP contribution is -1.83. The van der Waals surface area contributed by atoms with Crippen LogP contribution in [0.4, 0.5) is 0 Å². The molecule has 0 aliphatic heterocycles. The second kappa shape index (κ2) is 3.57. The second-order valence-electron chi connectivity index (χ2n) is 3.25. The van der Waals surface area contributed by atoms with Crippen molar-refractivity contribution in [2.24, 2.45) is 0 Å². The fourth-order valence-electron chi connectivity index (χ4n) is 1.59. The molecule has 0 saturated carbocycles. The van der Waals surface area contributed by atoms with Crippen LogP contribution in [0.5, 0.6) is 0 Å². The van der Waals surface area contributed by atoms with Crippen LogP contribution in [0.25, 0.3) is 22.4 Å². The van der Waals surface area contributed by atoms with Crippen molar-refractivity contribution in [2.45, 2.75) is 0 Å². The van der Waals surface area contributed by atoms with Crippen LogP contribution in [0, 0.1) is 0 Å². The van der Waals surface area contributed by atoms with Crippen molar-refractivity contribution in [3.63, 3.8) is 0 Å². The second-order valence-corrected chi connectivity index (χ2v) is 3.59. The summed E-state index contributed by atoms with van der Waals surface area (Å²) < 4.78 is 5.03. The molecule has 1 aromatic carbocycles.